The van der Waals surface area contributed by atoms with Gasteiger partial charge in [-0.25, -0.2) is 0 Å². The molecule has 1 heteroatoms. The van der Waals surface area contributed by atoms with Gasteiger partial charge < -0.3 is 2.85 Å². The second kappa shape index (κ2) is 6.17. The predicted molar refractivity (Wildman–Crippen MR) is 37.7 cm³/mol. The van der Waals surface area contributed by atoms with Crippen LogP contribution < -0.4 is 0 Å². The van der Waals surface area contributed by atoms with Gasteiger partial charge in [0.2, 0.25) is 0 Å². The van der Waals surface area contributed by atoms with Gasteiger partial charge in [-0.1, -0.05) is 33.6 Å². The van der Waals surface area contributed by atoms with E-state index in [2.05, 4.69) is 20.8 Å². The summed E-state index contributed by atoms with van der Waals surface area (Å²) in [6.45, 7) is 6.73. The van der Waals surface area contributed by atoms with Crippen molar-refractivity contribution in [1.29, 1.82) is 0 Å². The molecule has 0 atom stereocenters. The van der Waals surface area contributed by atoms with Gasteiger partial charge in [-0.3, -0.25) is 0 Å². The summed E-state index contributed by atoms with van der Waals surface area (Å²) >= 11 is 0. The molecule has 0 spiro atoms. The topological polar surface area (TPSA) is 0 Å². The fourth-order valence-electron chi connectivity index (χ4n) is 0.577. The minimum absolute atomic E-state index is 0. The van der Waals surface area contributed by atoms with Crippen LogP contribution in [0.5, 0.6) is 0 Å². The Balaban J connectivity index is -0.0000000417. The molecule has 0 radical (unpaired) electrons. The first-order valence-corrected chi connectivity index (χ1v) is 2.77. The number of rotatable bonds is 2. The number of hydrogen-bond acceptors (Lipinski definition) is 0. The van der Waals surface area contributed by atoms with Crippen molar-refractivity contribution in [2.45, 2.75) is 33.6 Å². The molecule has 0 nitrogen and oxygen atoms in total. The summed E-state index contributed by atoms with van der Waals surface area (Å²) < 4.78 is 0. The van der Waals surface area contributed by atoms with Crippen LogP contribution in [0, 0.1) is 5.92 Å². The quantitative estimate of drug-likeness (QED) is 0.464. The molecule has 0 aliphatic carbocycles. The Hall–Kier alpha value is 0.169. The molecule has 0 amide bonds. The van der Waals surface area contributed by atoms with E-state index in [1.807, 2.05) is 0 Å². The van der Waals surface area contributed by atoms with Gasteiger partial charge in [-0.15, -0.1) is 0 Å². The van der Waals surface area contributed by atoms with Crippen molar-refractivity contribution in [3.63, 3.8) is 0 Å². The van der Waals surface area contributed by atoms with Crippen LogP contribution in [0.2, 0.25) is 0 Å². The van der Waals surface area contributed by atoms with Gasteiger partial charge in [0.25, 0.3) is 0 Å². The molecule has 0 heterocycles. The Labute approximate surface area is 53.5 Å². The van der Waals surface area contributed by atoms with Crippen molar-refractivity contribution in [3.05, 3.63) is 0 Å². The molecule has 0 N–H and O–H groups in total. The summed E-state index contributed by atoms with van der Waals surface area (Å²) in [6.07, 6.45) is 2.71. The van der Waals surface area contributed by atoms with Crippen LogP contribution in [0.3, 0.4) is 0 Å². The van der Waals surface area contributed by atoms with Crippen LogP contribution >= 0.6 is 0 Å². The zero-order chi connectivity index (χ0) is 4.99. The van der Waals surface area contributed by atoms with Crippen LogP contribution in [0.25, 0.3) is 0 Å². The van der Waals surface area contributed by atoms with Crippen molar-refractivity contribution < 1.29 is 2.85 Å². The van der Waals surface area contributed by atoms with Gasteiger partial charge in [0.15, 0.2) is 0 Å². The first-order chi connectivity index (χ1) is 2.77. The molecule has 0 saturated carbocycles. The summed E-state index contributed by atoms with van der Waals surface area (Å²) in [5.41, 5.74) is 0. The number of hydrogen-bond donors (Lipinski definition) is 0. The molecular formula is C6H16Be. The summed E-state index contributed by atoms with van der Waals surface area (Å²) in [6, 6.07) is 0. The normalized spacial score (nSPS) is 8.57. The molecular weight excluding hydrogens is 81.1 g/mol. The van der Waals surface area contributed by atoms with Gasteiger partial charge in [-0.2, -0.15) is 0 Å². The maximum atomic E-state index is 2.25. The van der Waals surface area contributed by atoms with Crippen LogP contribution in [0.4, 0.5) is 0 Å². The van der Waals surface area contributed by atoms with Crippen molar-refractivity contribution in [2.24, 2.45) is 5.92 Å². The van der Waals surface area contributed by atoms with E-state index >= 15 is 0 Å². The van der Waals surface area contributed by atoms with Gasteiger partial charge >= 0.3 is 10.1 Å². The smallest absolute Gasteiger partial charge is 1.00 e. The van der Waals surface area contributed by atoms with E-state index in [0.29, 0.717) is 0 Å². The zero-order valence-corrected chi connectivity index (χ0v) is 5.70. The third kappa shape index (κ3) is 10.7. The molecule has 42 valence electrons. The summed E-state index contributed by atoms with van der Waals surface area (Å²) in [5.74, 6) is 0.898. The van der Waals surface area contributed by atoms with E-state index in [0.717, 1.165) is 5.92 Å². The van der Waals surface area contributed by atoms with Crippen molar-refractivity contribution in [1.82, 2.24) is 0 Å². The molecule has 0 fully saturated rings. The van der Waals surface area contributed by atoms with E-state index in [1.54, 1.807) is 0 Å². The van der Waals surface area contributed by atoms with Gasteiger partial charge in [0.05, 0.1) is 0 Å². The van der Waals surface area contributed by atoms with Crippen LogP contribution in [0.1, 0.15) is 36.5 Å². The second-order valence-corrected chi connectivity index (χ2v) is 2.18. The first-order valence-electron chi connectivity index (χ1n) is 2.77. The molecule has 0 aromatic carbocycles. The Bertz CT molecular complexity index is 32.2. The first kappa shape index (κ1) is 10.2. The fourth-order valence-corrected chi connectivity index (χ4v) is 0.577. The van der Waals surface area contributed by atoms with E-state index in [1.165, 1.54) is 12.8 Å². The molecule has 0 rings (SSSR count). The SMILES string of the molecule is CCCC(C)C.[Be+2].[H-].[H-]. The zero-order valence-electron chi connectivity index (χ0n) is 7.70. The molecule has 0 aliphatic rings. The predicted octanol–water partition coefficient (Wildman–Crippen LogP) is 2.29. The van der Waals surface area contributed by atoms with E-state index in [-0.39, 0.29) is 13.0 Å². The Morgan fingerprint density at radius 3 is 1.86 bits per heavy atom. The Kier molecular flexibility index (Phi) is 9.00. The molecule has 0 saturated heterocycles. The van der Waals surface area contributed by atoms with Crippen molar-refractivity contribution >= 4 is 10.1 Å². The third-order valence-corrected chi connectivity index (χ3v) is 0.866. The largest absolute Gasteiger partial charge is 2.00 e. The summed E-state index contributed by atoms with van der Waals surface area (Å²) in [4.78, 5) is 0. The minimum Gasteiger partial charge on any atom is -1.00 e. The molecule has 0 bridgehead atoms. The maximum absolute atomic E-state index is 2.25. The second-order valence-electron chi connectivity index (χ2n) is 2.18. The molecule has 0 aliphatic heterocycles. The summed E-state index contributed by atoms with van der Waals surface area (Å²) in [5, 5.41) is 0. The van der Waals surface area contributed by atoms with Gasteiger partial charge in [0.1, 0.15) is 0 Å². The third-order valence-electron chi connectivity index (χ3n) is 0.866. The minimum atomic E-state index is 0. The van der Waals surface area contributed by atoms with Gasteiger partial charge in [-0.05, 0) is 5.92 Å². The monoisotopic (exact) mass is 97.1 g/mol. The fraction of sp³-hybridized carbons (Fsp3) is 1.00. The van der Waals surface area contributed by atoms with Crippen molar-refractivity contribution in [3.8, 4) is 0 Å². The van der Waals surface area contributed by atoms with Crippen LogP contribution in [0.15, 0.2) is 0 Å². The van der Waals surface area contributed by atoms with Gasteiger partial charge in [0, 0.05) is 0 Å². The molecule has 7 heavy (non-hydrogen) atoms. The van der Waals surface area contributed by atoms with E-state index < -0.39 is 0 Å². The summed E-state index contributed by atoms with van der Waals surface area (Å²) in [7, 11) is 0. The molecule has 0 aromatic heterocycles. The maximum Gasteiger partial charge on any atom is 2.00 e. The molecule has 0 unspecified atom stereocenters. The standard InChI is InChI=1S/C6H14.Be.2H/c1-4-5-6(2)3;;;/h6H,4-5H2,1-3H3;;;/q;+2;2*-1. The van der Waals surface area contributed by atoms with Crippen LogP contribution in [-0.2, 0) is 0 Å². The Morgan fingerprint density at radius 1 is 1.43 bits per heavy atom. The average Bonchev–Trinajstić information content (AvgIpc) is 1.35. The van der Waals surface area contributed by atoms with E-state index in [9.17, 15) is 0 Å². The van der Waals surface area contributed by atoms with Crippen LogP contribution in [-0.4, -0.2) is 10.1 Å². The van der Waals surface area contributed by atoms with Crippen molar-refractivity contribution in [2.75, 3.05) is 0 Å². The Morgan fingerprint density at radius 2 is 1.86 bits per heavy atom. The van der Waals surface area contributed by atoms with E-state index in [4.69, 9.17) is 0 Å². The molecule has 0 aromatic rings. The average molecular weight is 97.2 g/mol.